The van der Waals surface area contributed by atoms with Crippen LogP contribution >= 0.6 is 0 Å². The zero-order valence-corrected chi connectivity index (χ0v) is 20.2. The third kappa shape index (κ3) is 3.46. The number of epoxide rings is 1. The van der Waals surface area contributed by atoms with E-state index >= 15 is 0 Å². The molecule has 180 valence electrons. The van der Waals surface area contributed by atoms with E-state index in [1.165, 1.54) is 0 Å². The van der Waals surface area contributed by atoms with E-state index in [1.54, 1.807) is 13.0 Å². The van der Waals surface area contributed by atoms with Gasteiger partial charge in [-0.2, -0.15) is 0 Å². The number of carbonyl (C=O) groups is 3. The van der Waals surface area contributed by atoms with Crippen LogP contribution in [0.5, 0.6) is 0 Å². The van der Waals surface area contributed by atoms with Gasteiger partial charge in [-0.3, -0.25) is 14.4 Å². The molecule has 1 amide bonds. The maximum atomic E-state index is 13.8. The molecule has 3 aliphatic heterocycles. The Bertz CT molecular complexity index is 1080. The summed E-state index contributed by atoms with van der Waals surface area (Å²) in [6.07, 6.45) is 6.53. The predicted octanol–water partition coefficient (Wildman–Crippen LogP) is 3.55. The zero-order chi connectivity index (χ0) is 24.3. The molecule has 0 aromatic heterocycles. The van der Waals surface area contributed by atoms with Gasteiger partial charge < -0.3 is 14.8 Å². The maximum absolute atomic E-state index is 13.8. The monoisotopic (exact) mass is 463 g/mol. The van der Waals surface area contributed by atoms with Crippen molar-refractivity contribution < 1.29 is 23.9 Å². The van der Waals surface area contributed by atoms with Crippen molar-refractivity contribution in [2.75, 3.05) is 0 Å². The zero-order valence-electron chi connectivity index (χ0n) is 20.2. The normalized spacial score (nSPS) is 41.6. The molecule has 6 nitrogen and oxygen atoms in total. The van der Waals surface area contributed by atoms with Gasteiger partial charge in [-0.1, -0.05) is 62.4 Å². The molecule has 34 heavy (non-hydrogen) atoms. The van der Waals surface area contributed by atoms with Crippen molar-refractivity contribution in [3.8, 4) is 0 Å². The van der Waals surface area contributed by atoms with Crippen LogP contribution in [0.2, 0.25) is 0 Å². The van der Waals surface area contributed by atoms with Gasteiger partial charge in [0.2, 0.25) is 5.60 Å². The number of rotatable bonds is 2. The number of allylic oxidation sites excluding steroid dienone is 2. The number of ketones is 1. The van der Waals surface area contributed by atoms with Crippen molar-refractivity contribution in [1.82, 2.24) is 5.32 Å². The molecule has 1 aliphatic carbocycles. The summed E-state index contributed by atoms with van der Waals surface area (Å²) in [6, 6.07) is 9.89. The average molecular weight is 464 g/mol. The Labute approximate surface area is 200 Å². The van der Waals surface area contributed by atoms with Gasteiger partial charge >= 0.3 is 5.97 Å². The second-order valence-electron chi connectivity index (χ2n) is 10.6. The van der Waals surface area contributed by atoms with Crippen LogP contribution in [0, 0.1) is 23.7 Å². The molecule has 0 unspecified atom stereocenters. The van der Waals surface area contributed by atoms with Crippen LogP contribution in [0.15, 0.2) is 54.1 Å². The van der Waals surface area contributed by atoms with Gasteiger partial charge in [-0.15, -0.1) is 0 Å². The third-order valence-electron chi connectivity index (χ3n) is 8.58. The van der Waals surface area contributed by atoms with E-state index in [4.69, 9.17) is 9.47 Å². The van der Waals surface area contributed by atoms with E-state index in [0.29, 0.717) is 18.4 Å². The number of ether oxygens (including phenoxy) is 2. The molecule has 6 heteroatoms. The summed E-state index contributed by atoms with van der Waals surface area (Å²) in [5, 5.41) is 3.21. The SMILES string of the molecule is CC1=CCC(=O)O[C@@]23C(=O)N[C@@H](Cc4ccccc4)[C@@H]2[C@H](C)[C@@]2(C)O[C@H]2[C@@H]3C=CC[C@H](C)C1=O. The van der Waals surface area contributed by atoms with E-state index in [1.807, 2.05) is 37.3 Å². The standard InChI is InChI=1S/C28H33NO5/c1-16-9-8-12-20-25-27(4,34-25)18(3)23-21(15-19-10-6-5-7-11-19)29-26(32)28(20,23)33-22(30)14-13-17(2)24(16)31/h5-8,10-13,16,18,20-21,23,25H,9,14-15H2,1-4H3,(H,29,32)/t16-,18-,20-,21-,23-,25-,27+,28+/m0/s1. The van der Waals surface area contributed by atoms with Gasteiger partial charge in [0.05, 0.1) is 24.0 Å². The van der Waals surface area contributed by atoms with Crippen molar-refractivity contribution in [2.24, 2.45) is 23.7 Å². The van der Waals surface area contributed by atoms with E-state index < -0.39 is 17.5 Å². The van der Waals surface area contributed by atoms with Crippen LogP contribution < -0.4 is 5.32 Å². The largest absolute Gasteiger partial charge is 0.448 e. The molecule has 5 rings (SSSR count). The molecule has 8 atom stereocenters. The molecule has 3 fully saturated rings. The Hall–Kier alpha value is -2.73. The van der Waals surface area contributed by atoms with Gasteiger partial charge in [0, 0.05) is 17.9 Å². The number of benzene rings is 1. The number of amides is 1. The molecule has 1 spiro atoms. The highest BCUT2D eigenvalue weighted by molar-refractivity contribution is 5.97. The minimum atomic E-state index is -1.33. The Morgan fingerprint density at radius 1 is 1.12 bits per heavy atom. The lowest BCUT2D eigenvalue weighted by molar-refractivity contribution is -0.181. The number of hydrogen-bond acceptors (Lipinski definition) is 5. The molecule has 0 radical (unpaired) electrons. The molecule has 1 aromatic carbocycles. The molecule has 4 aliphatic rings. The second-order valence-corrected chi connectivity index (χ2v) is 10.6. The van der Waals surface area contributed by atoms with E-state index in [9.17, 15) is 14.4 Å². The highest BCUT2D eigenvalue weighted by Gasteiger charge is 2.78. The lowest BCUT2D eigenvalue weighted by atomic mass is 9.59. The summed E-state index contributed by atoms with van der Waals surface area (Å²) in [6.45, 7) is 7.83. The summed E-state index contributed by atoms with van der Waals surface area (Å²) in [4.78, 5) is 39.5. The van der Waals surface area contributed by atoms with Crippen LogP contribution in [0.4, 0.5) is 0 Å². The van der Waals surface area contributed by atoms with Gasteiger partial charge in [-0.25, -0.2) is 0 Å². The van der Waals surface area contributed by atoms with Crippen molar-refractivity contribution in [3.63, 3.8) is 0 Å². The minimum absolute atomic E-state index is 0.00768. The molecule has 0 bridgehead atoms. The molecule has 2 saturated heterocycles. The predicted molar refractivity (Wildman–Crippen MR) is 127 cm³/mol. The second kappa shape index (κ2) is 8.19. The molecular formula is C28H33NO5. The smallest absolute Gasteiger partial charge is 0.310 e. The van der Waals surface area contributed by atoms with Crippen molar-refractivity contribution in [2.45, 2.75) is 70.3 Å². The minimum Gasteiger partial charge on any atom is -0.448 e. The number of esters is 1. The van der Waals surface area contributed by atoms with Crippen molar-refractivity contribution in [1.29, 1.82) is 0 Å². The van der Waals surface area contributed by atoms with E-state index in [2.05, 4.69) is 31.3 Å². The molecule has 1 N–H and O–H groups in total. The van der Waals surface area contributed by atoms with Gasteiger partial charge in [0.25, 0.3) is 5.91 Å². The van der Waals surface area contributed by atoms with Crippen LogP contribution in [0.25, 0.3) is 0 Å². The Morgan fingerprint density at radius 2 is 1.85 bits per heavy atom. The number of hydrogen-bond donors (Lipinski definition) is 1. The third-order valence-corrected chi connectivity index (χ3v) is 8.58. The van der Waals surface area contributed by atoms with Gasteiger partial charge in [0.1, 0.15) is 0 Å². The first-order valence-corrected chi connectivity index (χ1v) is 12.3. The number of carbonyl (C=O) groups excluding carboxylic acids is 3. The number of Topliss-reactive ketones (excluding diaryl/α,β-unsaturated/α-hetero) is 1. The highest BCUT2D eigenvalue weighted by Crippen LogP contribution is 2.63. The van der Waals surface area contributed by atoms with Gasteiger partial charge in [-0.05, 0) is 43.7 Å². The number of fused-ring (bicyclic) bond motifs is 2. The Kier molecular flexibility index (Phi) is 5.55. The lowest BCUT2D eigenvalue weighted by Crippen LogP contribution is -2.61. The van der Waals surface area contributed by atoms with Crippen molar-refractivity contribution in [3.05, 3.63) is 59.7 Å². The fourth-order valence-corrected chi connectivity index (χ4v) is 6.50. The molecule has 1 saturated carbocycles. The Balaban J connectivity index is 1.58. The first kappa shape index (κ1) is 23.0. The van der Waals surface area contributed by atoms with Crippen LogP contribution in [0.1, 0.15) is 46.1 Å². The summed E-state index contributed by atoms with van der Waals surface area (Å²) in [5.41, 5.74) is -0.0388. The summed E-state index contributed by atoms with van der Waals surface area (Å²) in [7, 11) is 0. The fraction of sp³-hybridized carbons (Fsp3) is 0.536. The first-order valence-electron chi connectivity index (χ1n) is 12.3. The van der Waals surface area contributed by atoms with E-state index in [0.717, 1.165) is 5.56 Å². The van der Waals surface area contributed by atoms with Gasteiger partial charge in [0.15, 0.2) is 5.78 Å². The van der Waals surface area contributed by atoms with Crippen LogP contribution in [0.3, 0.4) is 0 Å². The summed E-state index contributed by atoms with van der Waals surface area (Å²) < 4.78 is 12.5. The van der Waals surface area contributed by atoms with E-state index in [-0.39, 0.29) is 53.6 Å². The van der Waals surface area contributed by atoms with Crippen molar-refractivity contribution >= 4 is 17.7 Å². The molecule has 3 heterocycles. The maximum Gasteiger partial charge on any atom is 0.310 e. The Morgan fingerprint density at radius 3 is 2.59 bits per heavy atom. The fourth-order valence-electron chi connectivity index (χ4n) is 6.50. The topological polar surface area (TPSA) is 85.0 Å². The lowest BCUT2D eigenvalue weighted by Gasteiger charge is -2.46. The summed E-state index contributed by atoms with van der Waals surface area (Å²) >= 11 is 0. The average Bonchev–Trinajstić information content (AvgIpc) is 3.43. The quantitative estimate of drug-likeness (QED) is 0.412. The molecule has 1 aromatic rings. The van der Waals surface area contributed by atoms with Crippen LogP contribution in [-0.2, 0) is 30.3 Å². The first-order chi connectivity index (χ1) is 16.2. The summed E-state index contributed by atoms with van der Waals surface area (Å²) in [5.74, 6) is -1.55. The molecular weight excluding hydrogens is 430 g/mol. The van der Waals surface area contributed by atoms with Crippen LogP contribution in [-0.4, -0.2) is 41.0 Å². The highest BCUT2D eigenvalue weighted by atomic mass is 16.6. The number of nitrogens with one attached hydrogen (secondary N) is 1.